The van der Waals surface area contributed by atoms with Gasteiger partial charge in [0.1, 0.15) is 5.78 Å². The summed E-state index contributed by atoms with van der Waals surface area (Å²) >= 11 is 0. The number of rotatable bonds is 3. The van der Waals surface area contributed by atoms with Crippen LogP contribution in [0.15, 0.2) is 0 Å². The zero-order valence-corrected chi connectivity index (χ0v) is 9.89. The molecule has 0 amide bonds. The van der Waals surface area contributed by atoms with Crippen LogP contribution in [0.2, 0.25) is 0 Å². The van der Waals surface area contributed by atoms with E-state index in [0.29, 0.717) is 11.7 Å². The van der Waals surface area contributed by atoms with Gasteiger partial charge in [0.05, 0.1) is 0 Å². The fourth-order valence-electron chi connectivity index (χ4n) is 3.10. The molecule has 2 saturated carbocycles. The molecule has 2 rings (SSSR count). The van der Waals surface area contributed by atoms with Crippen LogP contribution in [0.4, 0.5) is 0 Å². The van der Waals surface area contributed by atoms with Gasteiger partial charge in [0.15, 0.2) is 0 Å². The van der Waals surface area contributed by atoms with Crippen molar-refractivity contribution in [2.75, 3.05) is 0 Å². The number of Topliss-reactive ketones (excluding diaryl/α,β-unsaturated/α-hetero) is 1. The van der Waals surface area contributed by atoms with E-state index in [-0.39, 0.29) is 10.8 Å². The SMILES string of the molecule is CC1(C)C(C(=O)CC2CCC2)C1(C)C. The van der Waals surface area contributed by atoms with Crippen molar-refractivity contribution in [3.63, 3.8) is 0 Å². The largest absolute Gasteiger partial charge is 0.299 e. The quantitative estimate of drug-likeness (QED) is 0.672. The molecule has 0 N–H and O–H groups in total. The predicted molar refractivity (Wildman–Crippen MR) is 58.0 cm³/mol. The first-order valence-corrected chi connectivity index (χ1v) is 5.90. The van der Waals surface area contributed by atoms with E-state index in [1.165, 1.54) is 19.3 Å². The van der Waals surface area contributed by atoms with Crippen LogP contribution in [0, 0.1) is 22.7 Å². The van der Waals surface area contributed by atoms with Crippen molar-refractivity contribution in [3.05, 3.63) is 0 Å². The molecule has 0 radical (unpaired) electrons. The predicted octanol–water partition coefficient (Wildman–Crippen LogP) is 3.43. The Kier molecular flexibility index (Phi) is 2.06. The third-order valence-electron chi connectivity index (χ3n) is 5.06. The summed E-state index contributed by atoms with van der Waals surface area (Å²) in [6.45, 7) is 8.93. The number of hydrogen-bond donors (Lipinski definition) is 0. The van der Waals surface area contributed by atoms with E-state index in [4.69, 9.17) is 0 Å². The molecular formula is C13H22O. The van der Waals surface area contributed by atoms with E-state index in [1.54, 1.807) is 0 Å². The summed E-state index contributed by atoms with van der Waals surface area (Å²) in [6.07, 6.45) is 4.78. The maximum Gasteiger partial charge on any atom is 0.137 e. The van der Waals surface area contributed by atoms with Crippen LogP contribution >= 0.6 is 0 Å². The van der Waals surface area contributed by atoms with Gasteiger partial charge in [-0.25, -0.2) is 0 Å². The summed E-state index contributed by atoms with van der Waals surface area (Å²) in [7, 11) is 0. The average Bonchev–Trinajstić information content (AvgIpc) is 2.34. The van der Waals surface area contributed by atoms with Crippen LogP contribution in [0.5, 0.6) is 0 Å². The smallest absolute Gasteiger partial charge is 0.137 e. The highest BCUT2D eigenvalue weighted by Crippen LogP contribution is 2.69. The average molecular weight is 194 g/mol. The lowest BCUT2D eigenvalue weighted by Crippen LogP contribution is -2.18. The van der Waals surface area contributed by atoms with Crippen molar-refractivity contribution in [2.45, 2.75) is 53.4 Å². The lowest BCUT2D eigenvalue weighted by Gasteiger charge is -2.24. The Labute approximate surface area is 87.3 Å². The molecule has 2 aliphatic rings. The van der Waals surface area contributed by atoms with Crippen LogP contribution < -0.4 is 0 Å². The molecule has 0 unspecified atom stereocenters. The normalized spacial score (nSPS) is 29.7. The van der Waals surface area contributed by atoms with Crippen LogP contribution in [0.1, 0.15) is 53.4 Å². The van der Waals surface area contributed by atoms with Gasteiger partial charge >= 0.3 is 0 Å². The van der Waals surface area contributed by atoms with Crippen molar-refractivity contribution in [1.29, 1.82) is 0 Å². The van der Waals surface area contributed by atoms with Gasteiger partial charge in [-0.3, -0.25) is 4.79 Å². The molecule has 2 aliphatic carbocycles. The van der Waals surface area contributed by atoms with Gasteiger partial charge in [0, 0.05) is 12.3 Å². The summed E-state index contributed by atoms with van der Waals surface area (Å²) in [6, 6.07) is 0. The van der Waals surface area contributed by atoms with Crippen molar-refractivity contribution in [2.24, 2.45) is 22.7 Å². The van der Waals surface area contributed by atoms with E-state index < -0.39 is 0 Å². The molecule has 1 heteroatoms. The highest BCUT2D eigenvalue weighted by molar-refractivity contribution is 5.86. The Hall–Kier alpha value is -0.330. The van der Waals surface area contributed by atoms with Crippen molar-refractivity contribution < 1.29 is 4.79 Å². The molecule has 0 aromatic rings. The molecule has 1 nitrogen and oxygen atoms in total. The Bertz CT molecular complexity index is 244. The standard InChI is InChI=1S/C13H22O/c1-12(2)11(13(12,3)4)10(14)8-9-6-5-7-9/h9,11H,5-8H2,1-4H3. The lowest BCUT2D eigenvalue weighted by molar-refractivity contribution is -0.122. The van der Waals surface area contributed by atoms with Gasteiger partial charge < -0.3 is 0 Å². The fourth-order valence-corrected chi connectivity index (χ4v) is 3.10. The van der Waals surface area contributed by atoms with E-state index in [1.807, 2.05) is 0 Å². The Morgan fingerprint density at radius 1 is 1.14 bits per heavy atom. The molecule has 2 fully saturated rings. The third-order valence-corrected chi connectivity index (χ3v) is 5.06. The second-order valence-electron chi connectivity index (χ2n) is 6.34. The molecule has 0 aliphatic heterocycles. The van der Waals surface area contributed by atoms with Crippen molar-refractivity contribution in [1.82, 2.24) is 0 Å². The molecule has 0 saturated heterocycles. The summed E-state index contributed by atoms with van der Waals surface area (Å²) in [5.41, 5.74) is 0.488. The minimum Gasteiger partial charge on any atom is -0.299 e. The van der Waals surface area contributed by atoms with Gasteiger partial charge in [-0.1, -0.05) is 47.0 Å². The minimum atomic E-state index is 0.244. The molecule has 0 heterocycles. The maximum atomic E-state index is 12.0. The minimum absolute atomic E-state index is 0.244. The van der Waals surface area contributed by atoms with E-state index in [0.717, 1.165) is 12.3 Å². The summed E-state index contributed by atoms with van der Waals surface area (Å²) < 4.78 is 0. The van der Waals surface area contributed by atoms with Crippen LogP contribution in [0.3, 0.4) is 0 Å². The molecule has 0 aromatic carbocycles. The van der Waals surface area contributed by atoms with Gasteiger partial charge in [0.25, 0.3) is 0 Å². The topological polar surface area (TPSA) is 17.1 Å². The highest BCUT2D eigenvalue weighted by Gasteiger charge is 2.67. The van der Waals surface area contributed by atoms with Gasteiger partial charge in [-0.2, -0.15) is 0 Å². The highest BCUT2D eigenvalue weighted by atomic mass is 16.1. The molecule has 80 valence electrons. The Morgan fingerprint density at radius 2 is 1.64 bits per heavy atom. The summed E-state index contributed by atoms with van der Waals surface area (Å²) in [4.78, 5) is 12.0. The van der Waals surface area contributed by atoms with Crippen molar-refractivity contribution >= 4 is 5.78 Å². The van der Waals surface area contributed by atoms with Gasteiger partial charge in [-0.15, -0.1) is 0 Å². The van der Waals surface area contributed by atoms with Gasteiger partial charge in [0.2, 0.25) is 0 Å². The zero-order valence-electron chi connectivity index (χ0n) is 9.89. The second kappa shape index (κ2) is 2.84. The van der Waals surface area contributed by atoms with E-state index in [9.17, 15) is 4.79 Å². The van der Waals surface area contributed by atoms with E-state index in [2.05, 4.69) is 27.7 Å². The summed E-state index contributed by atoms with van der Waals surface area (Å²) in [5, 5.41) is 0. The number of ketones is 1. The number of carbonyl (C=O) groups excluding carboxylic acids is 1. The maximum absolute atomic E-state index is 12.0. The first-order chi connectivity index (χ1) is 6.37. The molecular weight excluding hydrogens is 172 g/mol. The molecule has 0 spiro atoms. The van der Waals surface area contributed by atoms with Crippen LogP contribution in [0.25, 0.3) is 0 Å². The second-order valence-corrected chi connectivity index (χ2v) is 6.34. The van der Waals surface area contributed by atoms with E-state index >= 15 is 0 Å². The van der Waals surface area contributed by atoms with Crippen LogP contribution in [-0.4, -0.2) is 5.78 Å². The van der Waals surface area contributed by atoms with Crippen LogP contribution in [-0.2, 0) is 4.79 Å². The van der Waals surface area contributed by atoms with Gasteiger partial charge in [-0.05, 0) is 16.7 Å². The fraction of sp³-hybridized carbons (Fsp3) is 0.923. The first-order valence-electron chi connectivity index (χ1n) is 5.90. The third kappa shape index (κ3) is 1.24. The first kappa shape index (κ1) is 10.2. The lowest BCUT2D eigenvalue weighted by atomic mass is 9.80. The molecule has 0 atom stereocenters. The molecule has 0 aromatic heterocycles. The Morgan fingerprint density at radius 3 is 1.93 bits per heavy atom. The Balaban J connectivity index is 1.94. The number of carbonyl (C=O) groups is 1. The zero-order chi connectivity index (χ0) is 10.6. The molecule has 0 bridgehead atoms. The number of hydrogen-bond acceptors (Lipinski definition) is 1. The molecule has 14 heavy (non-hydrogen) atoms. The monoisotopic (exact) mass is 194 g/mol. The van der Waals surface area contributed by atoms with Crippen molar-refractivity contribution in [3.8, 4) is 0 Å². The summed E-state index contributed by atoms with van der Waals surface area (Å²) in [5.74, 6) is 1.59.